The summed E-state index contributed by atoms with van der Waals surface area (Å²) < 4.78 is 25.3. The number of carboxylic acids is 1. The van der Waals surface area contributed by atoms with Crippen molar-refractivity contribution < 1.29 is 23.8 Å². The zero-order valence-electron chi connectivity index (χ0n) is 16.6. The number of halogens is 3. The first-order valence-electron chi connectivity index (χ1n) is 9.47. The van der Waals surface area contributed by atoms with E-state index < -0.39 is 5.97 Å². The Bertz CT molecular complexity index is 1090. The van der Waals surface area contributed by atoms with Crippen LogP contribution in [0.2, 0.25) is 10.0 Å². The van der Waals surface area contributed by atoms with Gasteiger partial charge in [0.15, 0.2) is 11.5 Å². The van der Waals surface area contributed by atoms with Crippen molar-refractivity contribution in [2.24, 2.45) is 0 Å². The number of carboxylic acid groups (broad SMARTS) is 1. The van der Waals surface area contributed by atoms with Crippen molar-refractivity contribution in [1.82, 2.24) is 0 Å². The molecule has 0 bridgehead atoms. The molecule has 3 rings (SSSR count). The lowest BCUT2D eigenvalue weighted by Crippen LogP contribution is -2.05. The fourth-order valence-corrected chi connectivity index (χ4v) is 3.25. The molecule has 0 fully saturated rings. The van der Waals surface area contributed by atoms with Gasteiger partial charge in [-0.15, -0.1) is 0 Å². The number of hydrogen-bond donors (Lipinski definition) is 2. The number of nitrogens with one attached hydrogen (secondary N) is 1. The average molecular weight is 464 g/mol. The van der Waals surface area contributed by atoms with E-state index in [4.69, 9.17) is 37.8 Å². The van der Waals surface area contributed by atoms with Crippen molar-refractivity contribution in [3.05, 3.63) is 87.2 Å². The van der Waals surface area contributed by atoms with Gasteiger partial charge in [0.05, 0.1) is 22.9 Å². The topological polar surface area (TPSA) is 67.8 Å². The van der Waals surface area contributed by atoms with Gasteiger partial charge in [-0.3, -0.25) is 0 Å². The summed E-state index contributed by atoms with van der Waals surface area (Å²) in [6, 6.07) is 14.1. The smallest absolute Gasteiger partial charge is 0.335 e. The molecule has 5 nitrogen and oxygen atoms in total. The van der Waals surface area contributed by atoms with Gasteiger partial charge in [0.1, 0.15) is 12.4 Å². The quantitative estimate of drug-likeness (QED) is 0.383. The Morgan fingerprint density at radius 2 is 1.74 bits per heavy atom. The summed E-state index contributed by atoms with van der Waals surface area (Å²) in [5, 5.41) is 13.0. The molecule has 0 unspecified atom stereocenters. The van der Waals surface area contributed by atoms with Crippen molar-refractivity contribution in [3.63, 3.8) is 0 Å². The number of hydrogen-bond acceptors (Lipinski definition) is 4. The Kier molecular flexibility index (Phi) is 7.60. The second-order valence-corrected chi connectivity index (χ2v) is 7.37. The number of aromatic carboxylic acids is 1. The molecule has 0 amide bonds. The third-order valence-corrected chi connectivity index (χ3v) is 5.12. The van der Waals surface area contributed by atoms with Crippen molar-refractivity contribution in [1.29, 1.82) is 0 Å². The molecule has 8 heteroatoms. The summed E-state index contributed by atoms with van der Waals surface area (Å²) >= 11 is 12.6. The molecule has 0 radical (unpaired) electrons. The van der Waals surface area contributed by atoms with E-state index >= 15 is 0 Å². The van der Waals surface area contributed by atoms with Crippen LogP contribution in [0.1, 0.15) is 28.4 Å². The molecule has 0 aliphatic carbocycles. The summed E-state index contributed by atoms with van der Waals surface area (Å²) in [4.78, 5) is 11.2. The van der Waals surface area contributed by atoms with E-state index in [2.05, 4.69) is 5.32 Å². The molecule has 0 spiro atoms. The van der Waals surface area contributed by atoms with Gasteiger partial charge in [-0.25, -0.2) is 9.18 Å². The van der Waals surface area contributed by atoms with Gasteiger partial charge in [-0.05, 0) is 42.8 Å². The zero-order chi connectivity index (χ0) is 22.4. The maximum Gasteiger partial charge on any atom is 0.335 e. The summed E-state index contributed by atoms with van der Waals surface area (Å²) in [6.07, 6.45) is 0. The molecule has 0 aliphatic heterocycles. The average Bonchev–Trinajstić information content (AvgIpc) is 2.74. The number of benzene rings is 3. The standard InChI is InChI=1S/C23H20Cl2FNO4/c1-2-30-21-10-16(12-27-20-9-14(23(28)29)7-8-17(20)24)18(25)11-22(21)31-13-15-5-3-4-6-19(15)26/h3-11,27H,2,12-13H2,1H3,(H,28,29). The highest BCUT2D eigenvalue weighted by atomic mass is 35.5. The summed E-state index contributed by atoms with van der Waals surface area (Å²) in [5.41, 5.74) is 1.69. The van der Waals surface area contributed by atoms with Crippen molar-refractivity contribution in [3.8, 4) is 11.5 Å². The molecular weight excluding hydrogens is 444 g/mol. The lowest BCUT2D eigenvalue weighted by Gasteiger charge is -2.16. The lowest BCUT2D eigenvalue weighted by molar-refractivity contribution is 0.0697. The highest BCUT2D eigenvalue weighted by Gasteiger charge is 2.14. The molecule has 0 atom stereocenters. The maximum atomic E-state index is 13.9. The van der Waals surface area contributed by atoms with Crippen LogP contribution in [0.3, 0.4) is 0 Å². The minimum absolute atomic E-state index is 0.0261. The van der Waals surface area contributed by atoms with Crippen LogP contribution >= 0.6 is 23.2 Å². The summed E-state index contributed by atoms with van der Waals surface area (Å²) in [6.45, 7) is 2.54. The fourth-order valence-electron chi connectivity index (χ4n) is 2.85. The Morgan fingerprint density at radius 1 is 1.00 bits per heavy atom. The van der Waals surface area contributed by atoms with Crippen LogP contribution in [0.5, 0.6) is 11.5 Å². The zero-order valence-corrected chi connectivity index (χ0v) is 18.1. The summed E-state index contributed by atoms with van der Waals surface area (Å²) in [7, 11) is 0. The van der Waals surface area contributed by atoms with Crippen LogP contribution < -0.4 is 14.8 Å². The molecule has 0 heterocycles. The van der Waals surface area contributed by atoms with E-state index in [1.165, 1.54) is 24.3 Å². The van der Waals surface area contributed by atoms with Crippen LogP contribution in [0.4, 0.5) is 10.1 Å². The van der Waals surface area contributed by atoms with Crippen LogP contribution in [0.15, 0.2) is 54.6 Å². The Balaban J connectivity index is 1.79. The molecule has 3 aromatic rings. The first kappa shape index (κ1) is 22.7. The fraction of sp³-hybridized carbons (Fsp3) is 0.174. The minimum atomic E-state index is -1.05. The molecule has 3 aromatic carbocycles. The van der Waals surface area contributed by atoms with Crippen LogP contribution in [-0.2, 0) is 13.2 Å². The van der Waals surface area contributed by atoms with E-state index in [0.717, 1.165) is 0 Å². The molecule has 0 aliphatic rings. The highest BCUT2D eigenvalue weighted by molar-refractivity contribution is 6.33. The van der Waals surface area contributed by atoms with Gasteiger partial charge < -0.3 is 19.9 Å². The van der Waals surface area contributed by atoms with E-state index in [1.807, 2.05) is 6.92 Å². The van der Waals surface area contributed by atoms with Crippen LogP contribution in [-0.4, -0.2) is 17.7 Å². The van der Waals surface area contributed by atoms with E-state index in [1.54, 1.807) is 30.3 Å². The largest absolute Gasteiger partial charge is 0.490 e. The Labute approximate surface area is 189 Å². The third-order valence-electron chi connectivity index (χ3n) is 4.44. The van der Waals surface area contributed by atoms with Gasteiger partial charge in [0.25, 0.3) is 0 Å². The lowest BCUT2D eigenvalue weighted by atomic mass is 10.1. The van der Waals surface area contributed by atoms with Gasteiger partial charge in [-0.2, -0.15) is 0 Å². The van der Waals surface area contributed by atoms with Crippen LogP contribution in [0.25, 0.3) is 0 Å². The molecule has 0 aromatic heterocycles. The van der Waals surface area contributed by atoms with Gasteiger partial charge >= 0.3 is 5.97 Å². The third kappa shape index (κ3) is 5.81. The van der Waals surface area contributed by atoms with Gasteiger partial charge in [-0.1, -0.05) is 41.4 Å². The number of rotatable bonds is 9. The first-order chi connectivity index (χ1) is 14.9. The van der Waals surface area contributed by atoms with Crippen molar-refractivity contribution in [2.45, 2.75) is 20.1 Å². The minimum Gasteiger partial charge on any atom is -0.490 e. The first-order valence-corrected chi connectivity index (χ1v) is 10.2. The van der Waals surface area contributed by atoms with E-state index in [0.29, 0.717) is 45.0 Å². The van der Waals surface area contributed by atoms with E-state index in [-0.39, 0.29) is 24.5 Å². The molecular formula is C23H20Cl2FNO4. The van der Waals surface area contributed by atoms with Crippen LogP contribution in [0, 0.1) is 5.82 Å². The van der Waals surface area contributed by atoms with E-state index in [9.17, 15) is 9.18 Å². The maximum absolute atomic E-state index is 13.9. The number of anilines is 1. The molecule has 2 N–H and O–H groups in total. The molecule has 31 heavy (non-hydrogen) atoms. The Hall–Kier alpha value is -2.96. The second-order valence-electron chi connectivity index (χ2n) is 6.56. The SMILES string of the molecule is CCOc1cc(CNc2cc(C(=O)O)ccc2Cl)c(Cl)cc1OCc1ccccc1F. The monoisotopic (exact) mass is 463 g/mol. The van der Waals surface area contributed by atoms with Crippen molar-refractivity contribution >= 4 is 34.9 Å². The Morgan fingerprint density at radius 3 is 2.45 bits per heavy atom. The molecule has 0 saturated carbocycles. The normalized spacial score (nSPS) is 10.6. The second kappa shape index (κ2) is 10.4. The molecule has 162 valence electrons. The number of ether oxygens (including phenoxy) is 2. The van der Waals surface area contributed by atoms with Gasteiger partial charge in [0, 0.05) is 23.2 Å². The van der Waals surface area contributed by atoms with Gasteiger partial charge in [0.2, 0.25) is 0 Å². The molecule has 0 saturated heterocycles. The van der Waals surface area contributed by atoms with Crippen molar-refractivity contribution in [2.75, 3.05) is 11.9 Å². The number of carbonyl (C=O) groups is 1. The predicted octanol–water partition coefficient (Wildman–Crippen LogP) is 6.42. The predicted molar refractivity (Wildman–Crippen MR) is 119 cm³/mol. The highest BCUT2D eigenvalue weighted by Crippen LogP contribution is 2.35. The summed E-state index contributed by atoms with van der Waals surface area (Å²) in [5.74, 6) is -0.546.